The lowest BCUT2D eigenvalue weighted by Crippen LogP contribution is -2.35. The number of halogens is 1. The third kappa shape index (κ3) is 4.70. The van der Waals surface area contributed by atoms with Gasteiger partial charge in [-0.2, -0.15) is 0 Å². The Hall–Kier alpha value is -3.77. The van der Waals surface area contributed by atoms with Gasteiger partial charge >= 0.3 is 0 Å². The number of nitrogens with one attached hydrogen (secondary N) is 1. The van der Waals surface area contributed by atoms with Crippen molar-refractivity contribution in [3.63, 3.8) is 0 Å². The molecule has 0 unspecified atom stereocenters. The van der Waals surface area contributed by atoms with Crippen LogP contribution in [0.25, 0.3) is 22.2 Å². The van der Waals surface area contributed by atoms with Crippen molar-refractivity contribution in [1.29, 1.82) is 0 Å². The topological polar surface area (TPSA) is 75.2 Å². The molecular weight excluding hydrogens is 412 g/mol. The zero-order valence-electron chi connectivity index (χ0n) is 16.7. The van der Waals surface area contributed by atoms with E-state index in [1.54, 1.807) is 49.8 Å². The Bertz CT molecular complexity index is 1260. The zero-order valence-corrected chi connectivity index (χ0v) is 17.5. The van der Waals surface area contributed by atoms with E-state index in [4.69, 9.17) is 11.6 Å². The summed E-state index contributed by atoms with van der Waals surface area (Å²) in [6.07, 6.45) is 3.36. The smallest absolute Gasteiger partial charge is 0.254 e. The van der Waals surface area contributed by atoms with Crippen molar-refractivity contribution >= 4 is 40.0 Å². The summed E-state index contributed by atoms with van der Waals surface area (Å²) in [7, 11) is 1.60. The molecule has 0 atom stereocenters. The van der Waals surface area contributed by atoms with Crippen molar-refractivity contribution in [2.45, 2.75) is 0 Å². The number of para-hydroxylation sites is 1. The van der Waals surface area contributed by atoms with Crippen LogP contribution in [-0.4, -0.2) is 40.3 Å². The lowest BCUT2D eigenvalue weighted by molar-refractivity contribution is -0.116. The number of hydrogen-bond acceptors (Lipinski definition) is 4. The second kappa shape index (κ2) is 8.93. The van der Waals surface area contributed by atoms with Gasteiger partial charge in [-0.15, -0.1) is 0 Å². The molecule has 0 aliphatic rings. The Morgan fingerprint density at radius 3 is 2.55 bits per heavy atom. The third-order valence-electron chi connectivity index (χ3n) is 4.76. The molecule has 1 N–H and O–H groups in total. The molecule has 4 aromatic rings. The quantitative estimate of drug-likeness (QED) is 0.499. The number of pyridine rings is 2. The number of nitrogens with zero attached hydrogens (tertiary/aromatic N) is 3. The van der Waals surface area contributed by atoms with Crippen LogP contribution in [0.15, 0.2) is 79.1 Å². The highest BCUT2D eigenvalue weighted by Crippen LogP contribution is 2.25. The van der Waals surface area contributed by atoms with Crippen LogP contribution < -0.4 is 5.32 Å². The molecule has 0 aliphatic carbocycles. The van der Waals surface area contributed by atoms with E-state index in [-0.39, 0.29) is 18.4 Å². The van der Waals surface area contributed by atoms with Crippen molar-refractivity contribution in [2.75, 3.05) is 18.9 Å². The van der Waals surface area contributed by atoms with Crippen molar-refractivity contribution in [3.05, 3.63) is 89.7 Å². The van der Waals surface area contributed by atoms with Gasteiger partial charge in [0, 0.05) is 41.1 Å². The lowest BCUT2D eigenvalue weighted by Gasteiger charge is -2.18. The molecule has 0 saturated carbocycles. The molecule has 4 rings (SSSR count). The molecule has 0 radical (unpaired) electrons. The Kier molecular flexibility index (Phi) is 5.91. The Labute approximate surface area is 184 Å². The van der Waals surface area contributed by atoms with Gasteiger partial charge < -0.3 is 10.2 Å². The van der Waals surface area contributed by atoms with Crippen LogP contribution in [-0.2, 0) is 4.79 Å². The van der Waals surface area contributed by atoms with E-state index < -0.39 is 0 Å². The van der Waals surface area contributed by atoms with Gasteiger partial charge in [-0.25, -0.2) is 4.98 Å². The second-order valence-corrected chi connectivity index (χ2v) is 7.46. The van der Waals surface area contributed by atoms with Crippen LogP contribution in [0, 0.1) is 0 Å². The Morgan fingerprint density at radius 1 is 1.00 bits per heavy atom. The van der Waals surface area contributed by atoms with Gasteiger partial charge in [-0.3, -0.25) is 14.6 Å². The number of aromatic nitrogens is 2. The van der Waals surface area contributed by atoms with Gasteiger partial charge in [0.1, 0.15) is 0 Å². The maximum atomic E-state index is 13.3. The maximum absolute atomic E-state index is 13.3. The number of carbonyl (C=O) groups is 2. The highest BCUT2D eigenvalue weighted by Gasteiger charge is 2.19. The summed E-state index contributed by atoms with van der Waals surface area (Å²) in [5.74, 6) is -0.582. The van der Waals surface area contributed by atoms with E-state index >= 15 is 0 Å². The van der Waals surface area contributed by atoms with Crippen molar-refractivity contribution in [3.8, 4) is 11.3 Å². The van der Waals surface area contributed by atoms with Gasteiger partial charge in [0.15, 0.2) is 0 Å². The van der Waals surface area contributed by atoms with E-state index in [2.05, 4.69) is 15.3 Å². The molecule has 0 aliphatic heterocycles. The van der Waals surface area contributed by atoms with Crippen LogP contribution in [0.4, 0.5) is 5.69 Å². The largest absolute Gasteiger partial charge is 0.332 e. The molecule has 0 fully saturated rings. The van der Waals surface area contributed by atoms with Gasteiger partial charge in [0.2, 0.25) is 5.91 Å². The fourth-order valence-electron chi connectivity index (χ4n) is 3.28. The average Bonchev–Trinajstić information content (AvgIpc) is 2.78. The highest BCUT2D eigenvalue weighted by molar-refractivity contribution is 6.30. The summed E-state index contributed by atoms with van der Waals surface area (Å²) in [6.45, 7) is -0.105. The summed E-state index contributed by atoms with van der Waals surface area (Å²) in [5, 5.41) is 4.01. The fourth-order valence-corrected chi connectivity index (χ4v) is 3.47. The molecule has 6 nitrogen and oxygen atoms in total. The number of carbonyl (C=O) groups excluding carboxylic acids is 2. The first-order valence-electron chi connectivity index (χ1n) is 9.62. The molecule has 31 heavy (non-hydrogen) atoms. The number of fused-ring (bicyclic) bond motifs is 1. The van der Waals surface area contributed by atoms with Gasteiger partial charge in [-0.05, 0) is 42.5 Å². The SMILES string of the molecule is CN(CC(=O)Nc1cccc(Cl)c1)C(=O)c1cc(-c2ccncc2)nc2ccccc12. The number of anilines is 1. The summed E-state index contributed by atoms with van der Waals surface area (Å²) in [5.41, 5.74) is 3.29. The fraction of sp³-hybridized carbons (Fsp3) is 0.0833. The van der Waals surface area contributed by atoms with Crippen LogP contribution in [0.1, 0.15) is 10.4 Å². The van der Waals surface area contributed by atoms with E-state index in [9.17, 15) is 9.59 Å². The highest BCUT2D eigenvalue weighted by atomic mass is 35.5. The third-order valence-corrected chi connectivity index (χ3v) is 4.99. The molecule has 2 amide bonds. The number of hydrogen-bond donors (Lipinski definition) is 1. The molecule has 0 saturated heterocycles. The molecule has 0 bridgehead atoms. The first kappa shape index (κ1) is 20.5. The molecular formula is C24H19ClN4O2. The van der Waals surface area contributed by atoms with Crippen molar-refractivity contribution < 1.29 is 9.59 Å². The second-order valence-electron chi connectivity index (χ2n) is 7.03. The van der Waals surface area contributed by atoms with Crippen molar-refractivity contribution in [1.82, 2.24) is 14.9 Å². The molecule has 154 valence electrons. The number of likely N-dealkylation sites (N-methyl/N-ethyl adjacent to an activating group) is 1. The first-order chi connectivity index (χ1) is 15.0. The van der Waals surface area contributed by atoms with Crippen molar-refractivity contribution in [2.24, 2.45) is 0 Å². The zero-order chi connectivity index (χ0) is 21.8. The van der Waals surface area contributed by atoms with E-state index in [1.165, 1.54) is 4.90 Å². The normalized spacial score (nSPS) is 10.6. The van der Waals surface area contributed by atoms with Crippen LogP contribution in [0.5, 0.6) is 0 Å². The molecule has 7 heteroatoms. The first-order valence-corrected chi connectivity index (χ1v) is 10.00. The minimum Gasteiger partial charge on any atom is -0.332 e. The average molecular weight is 431 g/mol. The number of benzene rings is 2. The molecule has 2 heterocycles. The van der Waals surface area contributed by atoms with E-state index in [0.717, 1.165) is 10.9 Å². The predicted molar refractivity (Wildman–Crippen MR) is 122 cm³/mol. The number of amides is 2. The van der Waals surface area contributed by atoms with Gasteiger partial charge in [0.05, 0.1) is 23.3 Å². The molecule has 2 aromatic heterocycles. The van der Waals surface area contributed by atoms with Crippen LogP contribution >= 0.6 is 11.6 Å². The lowest BCUT2D eigenvalue weighted by atomic mass is 10.0. The van der Waals surface area contributed by atoms with Crippen LogP contribution in [0.3, 0.4) is 0 Å². The monoisotopic (exact) mass is 430 g/mol. The molecule has 2 aromatic carbocycles. The van der Waals surface area contributed by atoms with Gasteiger partial charge in [-0.1, -0.05) is 35.9 Å². The predicted octanol–water partition coefficient (Wildman–Crippen LogP) is 4.66. The van der Waals surface area contributed by atoms with Gasteiger partial charge in [0.25, 0.3) is 5.91 Å². The minimum absolute atomic E-state index is 0.105. The number of rotatable bonds is 5. The Morgan fingerprint density at radius 2 is 1.77 bits per heavy atom. The van der Waals surface area contributed by atoms with Crippen LogP contribution in [0.2, 0.25) is 5.02 Å². The standard InChI is InChI=1S/C24H19ClN4O2/c1-29(15-23(30)27-18-6-4-5-17(25)13-18)24(31)20-14-22(16-9-11-26-12-10-16)28-21-8-3-2-7-19(20)21/h2-14H,15H2,1H3,(H,27,30). The maximum Gasteiger partial charge on any atom is 0.254 e. The summed E-state index contributed by atoms with van der Waals surface area (Å²) in [4.78, 5) is 35.8. The molecule has 0 spiro atoms. The minimum atomic E-state index is -0.314. The van der Waals surface area contributed by atoms with E-state index in [0.29, 0.717) is 27.5 Å². The Balaban J connectivity index is 1.61. The summed E-state index contributed by atoms with van der Waals surface area (Å²) >= 11 is 5.96. The summed E-state index contributed by atoms with van der Waals surface area (Å²) in [6, 6.07) is 19.8. The summed E-state index contributed by atoms with van der Waals surface area (Å²) < 4.78 is 0. The van der Waals surface area contributed by atoms with E-state index in [1.807, 2.05) is 36.4 Å².